The molecule has 2 unspecified atom stereocenters. The third-order valence-corrected chi connectivity index (χ3v) is 6.86. The van der Waals surface area contributed by atoms with Crippen molar-refractivity contribution in [2.75, 3.05) is 20.3 Å². The Morgan fingerprint density at radius 2 is 1.11 bits per heavy atom. The van der Waals surface area contributed by atoms with E-state index in [0.717, 1.165) is 12.8 Å². The van der Waals surface area contributed by atoms with E-state index in [1.165, 1.54) is 97.0 Å². The van der Waals surface area contributed by atoms with Crippen molar-refractivity contribution in [1.82, 2.24) is 0 Å². The highest BCUT2D eigenvalue weighted by Crippen LogP contribution is 2.19. The van der Waals surface area contributed by atoms with Gasteiger partial charge in [0.1, 0.15) is 0 Å². The van der Waals surface area contributed by atoms with E-state index in [1.807, 2.05) is 0 Å². The summed E-state index contributed by atoms with van der Waals surface area (Å²) in [7, 11) is 1.43. The van der Waals surface area contributed by atoms with Crippen LogP contribution in [0.1, 0.15) is 123 Å². The first-order chi connectivity index (χ1) is 13.6. The van der Waals surface area contributed by atoms with Crippen molar-refractivity contribution in [3.63, 3.8) is 0 Å². The summed E-state index contributed by atoms with van der Waals surface area (Å²) in [5.74, 6) is 0. The number of hydrogen-bond donors (Lipinski definition) is 0. The van der Waals surface area contributed by atoms with Crippen LogP contribution in [-0.2, 0) is 20.6 Å². The maximum Gasteiger partial charge on any atom is 0.152 e. The largest absolute Gasteiger partial charge is 0.770 e. The van der Waals surface area contributed by atoms with Crippen LogP contribution < -0.4 is 0 Å². The molecule has 0 amide bonds. The first kappa shape index (κ1) is 28.0. The summed E-state index contributed by atoms with van der Waals surface area (Å²) < 4.78 is 33.3. The van der Waals surface area contributed by atoms with E-state index in [4.69, 9.17) is 9.47 Å². The standard InChI is InChI=1S/C23H48O4S/c1-4-6-7-8-9-10-11-12-13-14-15-16-17-18-19-20-21-27-22-23(5-2,26-3)28(24)25/h4-22H2,1-3H3,(H,24,25)/p-1. The van der Waals surface area contributed by atoms with Gasteiger partial charge in [-0.3, -0.25) is 4.21 Å². The number of rotatable bonds is 22. The average Bonchev–Trinajstić information content (AvgIpc) is 2.70. The van der Waals surface area contributed by atoms with Gasteiger partial charge < -0.3 is 14.0 Å². The monoisotopic (exact) mass is 419 g/mol. The predicted molar refractivity (Wildman–Crippen MR) is 119 cm³/mol. The van der Waals surface area contributed by atoms with Crippen molar-refractivity contribution in [2.45, 2.75) is 128 Å². The van der Waals surface area contributed by atoms with Gasteiger partial charge in [-0.25, -0.2) is 0 Å². The maximum absolute atomic E-state index is 11.3. The third-order valence-electron chi connectivity index (χ3n) is 5.68. The molecule has 0 aliphatic heterocycles. The minimum absolute atomic E-state index is 0.120. The van der Waals surface area contributed by atoms with Gasteiger partial charge >= 0.3 is 0 Å². The maximum atomic E-state index is 11.3. The molecule has 0 heterocycles. The predicted octanol–water partition coefficient (Wildman–Crippen LogP) is 6.90. The number of ether oxygens (including phenoxy) is 2. The summed E-state index contributed by atoms with van der Waals surface area (Å²) in [4.78, 5) is -1.19. The van der Waals surface area contributed by atoms with Gasteiger partial charge in [-0.2, -0.15) is 0 Å². The van der Waals surface area contributed by atoms with Crippen LogP contribution in [0.5, 0.6) is 0 Å². The molecule has 0 aliphatic carbocycles. The molecule has 0 spiro atoms. The molecule has 0 bridgehead atoms. The summed E-state index contributed by atoms with van der Waals surface area (Å²) in [5, 5.41) is 0. The minimum atomic E-state index is -2.28. The van der Waals surface area contributed by atoms with Crippen LogP contribution >= 0.6 is 0 Å². The van der Waals surface area contributed by atoms with Crippen LogP contribution in [0.4, 0.5) is 0 Å². The highest BCUT2D eigenvalue weighted by atomic mass is 32.2. The SMILES string of the molecule is CCCCCCCCCCCCCCCCCCOCC(CC)(OC)S(=O)[O-]. The molecule has 0 aromatic heterocycles. The van der Waals surface area contributed by atoms with Gasteiger partial charge in [0.2, 0.25) is 0 Å². The van der Waals surface area contributed by atoms with E-state index in [9.17, 15) is 8.76 Å². The van der Waals surface area contributed by atoms with E-state index in [1.54, 1.807) is 6.92 Å². The molecule has 0 saturated heterocycles. The summed E-state index contributed by atoms with van der Waals surface area (Å²) in [5.41, 5.74) is 0. The van der Waals surface area contributed by atoms with Crippen LogP contribution in [0, 0.1) is 0 Å². The molecule has 5 heteroatoms. The molecule has 28 heavy (non-hydrogen) atoms. The zero-order valence-corrected chi connectivity index (χ0v) is 19.8. The molecule has 0 aromatic rings. The number of hydrogen-bond acceptors (Lipinski definition) is 4. The van der Waals surface area contributed by atoms with Crippen molar-refractivity contribution < 1.29 is 18.2 Å². The van der Waals surface area contributed by atoms with Gasteiger partial charge in [0.25, 0.3) is 0 Å². The first-order valence-electron chi connectivity index (χ1n) is 11.8. The van der Waals surface area contributed by atoms with Gasteiger partial charge in [-0.1, -0.05) is 110 Å². The molecule has 0 N–H and O–H groups in total. The Balaban J connectivity index is 3.29. The van der Waals surface area contributed by atoms with Gasteiger partial charge in [0, 0.05) is 13.7 Å². The molecule has 0 radical (unpaired) electrons. The van der Waals surface area contributed by atoms with Crippen molar-refractivity contribution >= 4 is 11.1 Å². The number of methoxy groups -OCH3 is 1. The van der Waals surface area contributed by atoms with Crippen molar-refractivity contribution in [3.05, 3.63) is 0 Å². The Morgan fingerprint density at radius 3 is 1.43 bits per heavy atom. The van der Waals surface area contributed by atoms with E-state index < -0.39 is 16.0 Å². The van der Waals surface area contributed by atoms with Gasteiger partial charge in [0.05, 0.1) is 6.61 Å². The summed E-state index contributed by atoms with van der Waals surface area (Å²) >= 11 is -2.28. The van der Waals surface area contributed by atoms with Crippen LogP contribution in [0.2, 0.25) is 0 Å². The Labute approximate surface area is 177 Å². The molecule has 2 atom stereocenters. The Morgan fingerprint density at radius 1 is 0.714 bits per heavy atom. The third kappa shape index (κ3) is 14.9. The quantitative estimate of drug-likeness (QED) is 0.141. The smallest absolute Gasteiger partial charge is 0.152 e. The van der Waals surface area contributed by atoms with Crippen LogP contribution in [0.25, 0.3) is 0 Å². The Hall–Kier alpha value is 0.0300. The molecule has 0 aromatic carbocycles. The van der Waals surface area contributed by atoms with Crippen molar-refractivity contribution in [1.29, 1.82) is 0 Å². The normalized spacial score (nSPS) is 14.9. The minimum Gasteiger partial charge on any atom is -0.770 e. The highest BCUT2D eigenvalue weighted by molar-refractivity contribution is 7.80. The fourth-order valence-electron chi connectivity index (χ4n) is 3.52. The Kier molecular flexibility index (Phi) is 20.3. The van der Waals surface area contributed by atoms with E-state index in [2.05, 4.69) is 6.92 Å². The number of unbranched alkanes of at least 4 members (excludes halogenated alkanes) is 15. The van der Waals surface area contributed by atoms with Crippen LogP contribution in [-0.4, -0.2) is 34.0 Å². The second-order valence-electron chi connectivity index (χ2n) is 8.06. The van der Waals surface area contributed by atoms with Crippen LogP contribution in [0.15, 0.2) is 0 Å². The molecule has 4 nitrogen and oxygen atoms in total. The average molecular weight is 420 g/mol. The van der Waals surface area contributed by atoms with Crippen molar-refractivity contribution in [2.24, 2.45) is 0 Å². The van der Waals surface area contributed by atoms with Gasteiger partial charge in [-0.05, 0) is 23.9 Å². The molecule has 0 rings (SSSR count). The first-order valence-corrected chi connectivity index (χ1v) is 12.9. The lowest BCUT2D eigenvalue weighted by Gasteiger charge is -2.33. The molecule has 170 valence electrons. The molecular formula is C23H47O4S-. The topological polar surface area (TPSA) is 58.6 Å². The lowest BCUT2D eigenvalue weighted by Crippen LogP contribution is -2.41. The lowest BCUT2D eigenvalue weighted by atomic mass is 10.0. The highest BCUT2D eigenvalue weighted by Gasteiger charge is 2.29. The van der Waals surface area contributed by atoms with Crippen LogP contribution in [0.3, 0.4) is 0 Å². The zero-order valence-electron chi connectivity index (χ0n) is 19.0. The molecule has 0 fully saturated rings. The van der Waals surface area contributed by atoms with Gasteiger partial charge in [-0.15, -0.1) is 0 Å². The second kappa shape index (κ2) is 20.3. The van der Waals surface area contributed by atoms with E-state index >= 15 is 0 Å². The zero-order chi connectivity index (χ0) is 20.9. The van der Waals surface area contributed by atoms with E-state index in [-0.39, 0.29) is 6.61 Å². The Bertz CT molecular complexity index is 345. The summed E-state index contributed by atoms with van der Waals surface area (Å²) in [6.45, 7) is 4.81. The fourth-order valence-corrected chi connectivity index (χ4v) is 4.07. The van der Waals surface area contributed by atoms with Crippen molar-refractivity contribution in [3.8, 4) is 0 Å². The molecule has 0 aliphatic rings. The molecule has 0 saturated carbocycles. The fraction of sp³-hybridized carbons (Fsp3) is 1.00. The summed E-state index contributed by atoms with van der Waals surface area (Å²) in [6.07, 6.45) is 21.9. The summed E-state index contributed by atoms with van der Waals surface area (Å²) in [6, 6.07) is 0. The molecular weight excluding hydrogens is 372 g/mol. The second-order valence-corrected chi connectivity index (χ2v) is 9.27. The van der Waals surface area contributed by atoms with Gasteiger partial charge in [0.15, 0.2) is 4.93 Å². The van der Waals surface area contributed by atoms with E-state index in [0.29, 0.717) is 13.0 Å². The lowest BCUT2D eigenvalue weighted by molar-refractivity contribution is -0.0244.